The van der Waals surface area contributed by atoms with Crippen LogP contribution in [0.2, 0.25) is 10.0 Å². The highest BCUT2D eigenvalue weighted by Crippen LogP contribution is 2.35. The van der Waals surface area contributed by atoms with Crippen molar-refractivity contribution in [1.82, 2.24) is 0 Å². The Balaban J connectivity index is 2.52. The molecule has 2 aromatic carbocycles. The Morgan fingerprint density at radius 1 is 1.13 bits per heavy atom. The highest BCUT2D eigenvalue weighted by Gasteiger charge is 2.11. The summed E-state index contributed by atoms with van der Waals surface area (Å²) in [6.45, 7) is 0. The summed E-state index contributed by atoms with van der Waals surface area (Å²) in [5, 5.41) is 10.3. The van der Waals surface area contributed by atoms with Crippen LogP contribution in [0.1, 0.15) is 11.1 Å². The molecule has 0 aliphatic rings. The van der Waals surface area contributed by atoms with Gasteiger partial charge >= 0.3 is 0 Å². The van der Waals surface area contributed by atoms with E-state index >= 15 is 0 Å². The van der Waals surface area contributed by atoms with Crippen molar-refractivity contribution in [3.63, 3.8) is 0 Å². The Hall–Kier alpha value is -1.42. The van der Waals surface area contributed by atoms with Gasteiger partial charge in [0, 0.05) is 0 Å². The van der Waals surface area contributed by atoms with E-state index in [1.54, 1.807) is 38.5 Å². The molecular formula is C17H12Cl2INO2. The van der Waals surface area contributed by atoms with Gasteiger partial charge in [-0.3, -0.25) is 0 Å². The zero-order valence-corrected chi connectivity index (χ0v) is 16.0. The largest absolute Gasteiger partial charge is 0.493 e. The summed E-state index contributed by atoms with van der Waals surface area (Å²) in [5.74, 6) is 1.27. The molecule has 23 heavy (non-hydrogen) atoms. The standard InChI is InChI=1S/C17H12Cl2INO2/c1-22-16-7-10(6-15(20)17(16)23-2)5-12(9-21)11-3-4-13(18)14(19)8-11/h3-8H,1-2H3/b12-5-. The number of methoxy groups -OCH3 is 2. The lowest BCUT2D eigenvalue weighted by Crippen LogP contribution is -1.94. The van der Waals surface area contributed by atoms with Crippen molar-refractivity contribution >= 4 is 57.4 Å². The molecule has 118 valence electrons. The Morgan fingerprint density at radius 3 is 2.43 bits per heavy atom. The number of nitriles is 1. The molecule has 0 spiro atoms. The number of ether oxygens (including phenoxy) is 2. The van der Waals surface area contributed by atoms with Crippen LogP contribution in [0.4, 0.5) is 0 Å². The van der Waals surface area contributed by atoms with Gasteiger partial charge in [0.25, 0.3) is 0 Å². The van der Waals surface area contributed by atoms with Gasteiger partial charge in [-0.15, -0.1) is 0 Å². The van der Waals surface area contributed by atoms with Crippen LogP contribution in [-0.4, -0.2) is 14.2 Å². The quantitative estimate of drug-likeness (QED) is 0.335. The Kier molecular flexibility index (Phi) is 6.17. The first kappa shape index (κ1) is 17.9. The lowest BCUT2D eigenvalue weighted by molar-refractivity contribution is 0.353. The molecule has 0 amide bonds. The molecule has 0 atom stereocenters. The zero-order valence-electron chi connectivity index (χ0n) is 12.4. The fourth-order valence-electron chi connectivity index (χ4n) is 2.03. The van der Waals surface area contributed by atoms with Gasteiger partial charge in [-0.2, -0.15) is 5.26 Å². The van der Waals surface area contributed by atoms with E-state index in [0.717, 1.165) is 9.13 Å². The summed E-state index contributed by atoms with van der Waals surface area (Å²) < 4.78 is 11.5. The lowest BCUT2D eigenvalue weighted by Gasteiger charge is -2.11. The van der Waals surface area contributed by atoms with Crippen molar-refractivity contribution < 1.29 is 9.47 Å². The van der Waals surface area contributed by atoms with Crippen molar-refractivity contribution in [2.45, 2.75) is 0 Å². The van der Waals surface area contributed by atoms with Gasteiger partial charge in [0.1, 0.15) is 0 Å². The van der Waals surface area contributed by atoms with Crippen molar-refractivity contribution in [2.24, 2.45) is 0 Å². The van der Waals surface area contributed by atoms with E-state index in [4.69, 9.17) is 32.7 Å². The SMILES string of the molecule is COc1cc(/C=C(/C#N)c2ccc(Cl)c(Cl)c2)cc(I)c1OC. The van der Waals surface area contributed by atoms with Gasteiger partial charge < -0.3 is 9.47 Å². The second-order valence-corrected chi connectivity index (χ2v) is 6.51. The van der Waals surface area contributed by atoms with Crippen molar-refractivity contribution in [2.75, 3.05) is 14.2 Å². The highest BCUT2D eigenvalue weighted by molar-refractivity contribution is 14.1. The maximum absolute atomic E-state index is 9.45. The topological polar surface area (TPSA) is 42.2 Å². The predicted octanol–water partition coefficient (Wildman–Crippen LogP) is 5.68. The molecule has 0 unspecified atom stereocenters. The Bertz CT molecular complexity index is 813. The van der Waals surface area contributed by atoms with E-state index in [1.165, 1.54) is 0 Å². The molecule has 0 aliphatic carbocycles. The van der Waals surface area contributed by atoms with Crippen molar-refractivity contribution in [3.8, 4) is 17.6 Å². The van der Waals surface area contributed by atoms with Crippen molar-refractivity contribution in [3.05, 3.63) is 55.1 Å². The molecule has 2 aromatic rings. The highest BCUT2D eigenvalue weighted by atomic mass is 127. The van der Waals surface area contributed by atoms with Crippen LogP contribution in [0.15, 0.2) is 30.3 Å². The Labute approximate surface area is 158 Å². The molecule has 0 radical (unpaired) electrons. The maximum atomic E-state index is 9.45. The fourth-order valence-corrected chi connectivity index (χ4v) is 3.18. The van der Waals surface area contributed by atoms with E-state index in [0.29, 0.717) is 32.7 Å². The molecule has 0 N–H and O–H groups in total. The lowest BCUT2D eigenvalue weighted by atomic mass is 10.0. The molecular weight excluding hydrogens is 448 g/mol. The van der Waals surface area contributed by atoms with Gasteiger partial charge in [0.2, 0.25) is 0 Å². The number of benzene rings is 2. The number of nitrogens with zero attached hydrogens (tertiary/aromatic N) is 1. The van der Waals surface area contributed by atoms with E-state index in [1.807, 2.05) is 12.1 Å². The van der Waals surface area contributed by atoms with Crippen LogP contribution < -0.4 is 9.47 Å². The molecule has 0 aliphatic heterocycles. The summed E-state index contributed by atoms with van der Waals surface area (Å²) >= 11 is 14.1. The normalized spacial score (nSPS) is 11.0. The number of allylic oxidation sites excluding steroid dienone is 1. The van der Waals surface area contributed by atoms with E-state index < -0.39 is 0 Å². The molecule has 3 nitrogen and oxygen atoms in total. The molecule has 0 saturated heterocycles. The number of rotatable bonds is 4. The minimum Gasteiger partial charge on any atom is -0.493 e. The van der Waals surface area contributed by atoms with Crippen LogP contribution in [0.25, 0.3) is 11.6 Å². The summed E-state index contributed by atoms with van der Waals surface area (Å²) in [6, 6.07) is 11.0. The van der Waals surface area contributed by atoms with Crippen LogP contribution in [0.3, 0.4) is 0 Å². The minimum absolute atomic E-state index is 0.409. The maximum Gasteiger partial charge on any atom is 0.174 e. The van der Waals surface area contributed by atoms with Gasteiger partial charge in [-0.05, 0) is 64.1 Å². The third-order valence-corrected chi connectivity index (χ3v) is 4.66. The molecule has 0 bridgehead atoms. The van der Waals surface area contributed by atoms with Crippen molar-refractivity contribution in [1.29, 1.82) is 5.26 Å². The molecule has 0 saturated carbocycles. The van der Waals surface area contributed by atoms with Gasteiger partial charge in [0.15, 0.2) is 11.5 Å². The first-order valence-corrected chi connectivity index (χ1v) is 8.32. The third kappa shape index (κ3) is 4.11. The smallest absolute Gasteiger partial charge is 0.174 e. The third-order valence-electron chi connectivity index (χ3n) is 3.12. The van der Waals surface area contributed by atoms with Gasteiger partial charge in [0.05, 0.1) is 39.5 Å². The summed E-state index contributed by atoms with van der Waals surface area (Å²) in [7, 11) is 3.16. The van der Waals surface area contributed by atoms with Gasteiger partial charge in [-0.1, -0.05) is 29.3 Å². The Morgan fingerprint density at radius 2 is 1.87 bits per heavy atom. The van der Waals surface area contributed by atoms with E-state index in [-0.39, 0.29) is 0 Å². The molecule has 6 heteroatoms. The number of hydrogen-bond acceptors (Lipinski definition) is 3. The summed E-state index contributed by atoms with van der Waals surface area (Å²) in [5.41, 5.74) is 2.01. The van der Waals surface area contributed by atoms with Crippen LogP contribution in [0.5, 0.6) is 11.5 Å². The number of halogens is 3. The second-order valence-electron chi connectivity index (χ2n) is 4.54. The van der Waals surface area contributed by atoms with Crippen LogP contribution in [0, 0.1) is 14.9 Å². The fraction of sp³-hybridized carbons (Fsp3) is 0.118. The van der Waals surface area contributed by atoms with Crippen LogP contribution in [-0.2, 0) is 0 Å². The minimum atomic E-state index is 0.409. The van der Waals surface area contributed by atoms with Gasteiger partial charge in [-0.25, -0.2) is 0 Å². The average Bonchev–Trinajstić information content (AvgIpc) is 2.54. The summed E-state index contributed by atoms with van der Waals surface area (Å²) in [6.07, 6.45) is 1.77. The van der Waals surface area contributed by atoms with E-state index in [2.05, 4.69) is 28.7 Å². The molecule has 0 fully saturated rings. The predicted molar refractivity (Wildman–Crippen MR) is 102 cm³/mol. The van der Waals surface area contributed by atoms with Crippen LogP contribution >= 0.6 is 45.8 Å². The summed E-state index contributed by atoms with van der Waals surface area (Å²) in [4.78, 5) is 0. The first-order valence-electron chi connectivity index (χ1n) is 6.49. The number of hydrogen-bond donors (Lipinski definition) is 0. The first-order chi connectivity index (χ1) is 11.0. The molecule has 0 aromatic heterocycles. The molecule has 0 heterocycles. The molecule has 2 rings (SSSR count). The zero-order chi connectivity index (χ0) is 17.0. The van der Waals surface area contributed by atoms with E-state index in [9.17, 15) is 5.26 Å². The second kappa shape index (κ2) is 7.91. The monoisotopic (exact) mass is 459 g/mol. The average molecular weight is 460 g/mol.